The smallest absolute Gasteiger partial charge is 0.271 e. The Kier molecular flexibility index (Phi) is 3.83. The van der Waals surface area contributed by atoms with Crippen LogP contribution in [-0.4, -0.2) is 18.4 Å². The largest absolute Gasteiger partial charge is 0.389 e. The van der Waals surface area contributed by atoms with Gasteiger partial charge in [-0.2, -0.15) is 0 Å². The zero-order valence-electron chi connectivity index (χ0n) is 9.95. The third kappa shape index (κ3) is 3.28. The highest BCUT2D eigenvalue weighted by Gasteiger charge is 2.17. The van der Waals surface area contributed by atoms with Crippen LogP contribution in [-0.2, 0) is 10.0 Å². The Labute approximate surface area is 120 Å². The Bertz CT molecular complexity index is 722. The molecule has 0 saturated carbocycles. The van der Waals surface area contributed by atoms with Gasteiger partial charge in [0, 0.05) is 6.20 Å². The van der Waals surface area contributed by atoms with Crippen LogP contribution in [0.3, 0.4) is 0 Å². The summed E-state index contributed by atoms with van der Waals surface area (Å²) in [6, 6.07) is 4.77. The van der Waals surface area contributed by atoms with Crippen molar-refractivity contribution in [3.8, 4) is 0 Å². The summed E-state index contributed by atoms with van der Waals surface area (Å²) >= 11 is 5.84. The molecule has 0 atom stereocenters. The van der Waals surface area contributed by atoms with Crippen LogP contribution >= 0.6 is 23.6 Å². The van der Waals surface area contributed by atoms with Crippen molar-refractivity contribution in [2.75, 3.05) is 4.72 Å². The zero-order chi connectivity index (χ0) is 14.0. The standard InChI is InChI=1S/C11H11N3O2S3/c1-7-4-8(6-13-5-7)14-19(15,16)10-3-2-9(18-10)11(12)17/h2-6,14H,1H3,(H2,12,17). The van der Waals surface area contributed by atoms with Gasteiger partial charge in [0.2, 0.25) is 0 Å². The van der Waals surface area contributed by atoms with E-state index in [0.717, 1.165) is 16.9 Å². The average molecular weight is 313 g/mol. The molecule has 0 saturated heterocycles. The first-order valence-electron chi connectivity index (χ1n) is 5.22. The minimum Gasteiger partial charge on any atom is -0.389 e. The maximum atomic E-state index is 12.1. The number of hydrogen-bond donors (Lipinski definition) is 2. The van der Waals surface area contributed by atoms with Crippen LogP contribution in [0.5, 0.6) is 0 Å². The topological polar surface area (TPSA) is 85.1 Å². The Hall–Kier alpha value is -1.51. The van der Waals surface area contributed by atoms with Gasteiger partial charge in [-0.15, -0.1) is 11.3 Å². The minimum absolute atomic E-state index is 0.164. The van der Waals surface area contributed by atoms with Gasteiger partial charge in [0.1, 0.15) is 9.20 Å². The second-order valence-electron chi connectivity index (χ2n) is 3.84. The van der Waals surface area contributed by atoms with E-state index in [0.29, 0.717) is 10.6 Å². The molecule has 0 aliphatic carbocycles. The monoisotopic (exact) mass is 313 g/mol. The first-order valence-corrected chi connectivity index (χ1v) is 7.93. The van der Waals surface area contributed by atoms with Crippen LogP contribution in [0.25, 0.3) is 0 Å². The van der Waals surface area contributed by atoms with E-state index in [-0.39, 0.29) is 9.20 Å². The first-order chi connectivity index (χ1) is 8.88. The van der Waals surface area contributed by atoms with Gasteiger partial charge in [0.15, 0.2) is 0 Å². The van der Waals surface area contributed by atoms with Gasteiger partial charge in [-0.25, -0.2) is 8.42 Å². The number of hydrogen-bond acceptors (Lipinski definition) is 5. The summed E-state index contributed by atoms with van der Waals surface area (Å²) in [4.78, 5) is 4.68. The molecule has 19 heavy (non-hydrogen) atoms. The van der Waals surface area contributed by atoms with Crippen molar-refractivity contribution < 1.29 is 8.42 Å². The van der Waals surface area contributed by atoms with Gasteiger partial charge < -0.3 is 5.73 Å². The molecule has 0 spiro atoms. The van der Waals surface area contributed by atoms with Crippen molar-refractivity contribution >= 4 is 44.3 Å². The molecule has 0 radical (unpaired) electrons. The summed E-state index contributed by atoms with van der Waals surface area (Å²) in [5.74, 6) is 0. The van der Waals surface area contributed by atoms with E-state index >= 15 is 0 Å². The average Bonchev–Trinajstić information content (AvgIpc) is 2.78. The number of aryl methyl sites for hydroxylation is 1. The molecule has 0 fully saturated rings. The van der Waals surface area contributed by atoms with E-state index in [9.17, 15) is 8.42 Å². The SMILES string of the molecule is Cc1cncc(NS(=O)(=O)c2ccc(C(N)=S)s2)c1. The molecule has 2 heterocycles. The minimum atomic E-state index is -3.63. The van der Waals surface area contributed by atoms with Crippen LogP contribution in [0.1, 0.15) is 10.4 Å². The Morgan fingerprint density at radius 3 is 2.74 bits per heavy atom. The predicted molar refractivity (Wildman–Crippen MR) is 80.0 cm³/mol. The van der Waals surface area contributed by atoms with Gasteiger partial charge in [-0.05, 0) is 30.7 Å². The number of nitrogens with one attached hydrogen (secondary N) is 1. The molecule has 2 aromatic heterocycles. The van der Waals surface area contributed by atoms with Gasteiger partial charge >= 0.3 is 0 Å². The lowest BCUT2D eigenvalue weighted by Gasteiger charge is -2.06. The molecular weight excluding hydrogens is 302 g/mol. The maximum absolute atomic E-state index is 12.1. The van der Waals surface area contributed by atoms with E-state index in [1.807, 2.05) is 6.92 Å². The Balaban J connectivity index is 2.29. The van der Waals surface area contributed by atoms with Crippen molar-refractivity contribution in [1.82, 2.24) is 4.98 Å². The predicted octanol–water partition coefficient (Wildman–Crippen LogP) is 1.89. The first kappa shape index (κ1) is 13.9. The number of pyridine rings is 1. The van der Waals surface area contributed by atoms with E-state index in [1.165, 1.54) is 12.3 Å². The van der Waals surface area contributed by atoms with E-state index < -0.39 is 10.0 Å². The van der Waals surface area contributed by atoms with Crippen molar-refractivity contribution in [2.24, 2.45) is 5.73 Å². The molecule has 0 aliphatic rings. The van der Waals surface area contributed by atoms with Crippen molar-refractivity contribution in [3.05, 3.63) is 41.0 Å². The van der Waals surface area contributed by atoms with Crippen molar-refractivity contribution in [3.63, 3.8) is 0 Å². The van der Waals surface area contributed by atoms with Crippen LogP contribution < -0.4 is 10.5 Å². The van der Waals surface area contributed by atoms with E-state index in [2.05, 4.69) is 9.71 Å². The molecule has 0 aromatic carbocycles. The second kappa shape index (κ2) is 5.24. The molecule has 2 rings (SSSR count). The molecule has 3 N–H and O–H groups in total. The summed E-state index contributed by atoms with van der Waals surface area (Å²) < 4.78 is 26.9. The third-order valence-corrected chi connectivity index (χ3v) is 5.56. The summed E-state index contributed by atoms with van der Waals surface area (Å²) in [5.41, 5.74) is 6.75. The fourth-order valence-corrected chi connectivity index (χ4v) is 3.80. The molecule has 5 nitrogen and oxygen atoms in total. The van der Waals surface area contributed by atoms with Gasteiger partial charge in [0.25, 0.3) is 10.0 Å². The molecule has 0 amide bonds. The van der Waals surface area contributed by atoms with Crippen LogP contribution in [0.4, 0.5) is 5.69 Å². The summed E-state index contributed by atoms with van der Waals surface area (Å²) in [5, 5.41) is 0. The number of rotatable bonds is 4. The van der Waals surface area contributed by atoms with Crippen LogP contribution in [0.2, 0.25) is 0 Å². The van der Waals surface area contributed by atoms with E-state index in [1.54, 1.807) is 18.3 Å². The molecule has 0 unspecified atom stereocenters. The molecule has 8 heteroatoms. The Morgan fingerprint density at radius 1 is 1.42 bits per heavy atom. The Morgan fingerprint density at radius 2 is 2.16 bits per heavy atom. The molecule has 2 aromatic rings. The van der Waals surface area contributed by atoms with Crippen molar-refractivity contribution in [1.29, 1.82) is 0 Å². The summed E-state index contributed by atoms with van der Waals surface area (Å²) in [6.07, 6.45) is 3.10. The number of anilines is 1. The number of nitrogens with two attached hydrogens (primary N) is 1. The number of sulfonamides is 1. The van der Waals surface area contributed by atoms with Crippen LogP contribution in [0.15, 0.2) is 34.8 Å². The lowest BCUT2D eigenvalue weighted by atomic mass is 10.3. The van der Waals surface area contributed by atoms with Gasteiger partial charge in [0.05, 0.1) is 16.8 Å². The third-order valence-electron chi connectivity index (χ3n) is 2.22. The number of aromatic nitrogens is 1. The van der Waals surface area contributed by atoms with Gasteiger partial charge in [-0.3, -0.25) is 9.71 Å². The highest BCUT2D eigenvalue weighted by atomic mass is 32.2. The highest BCUT2D eigenvalue weighted by Crippen LogP contribution is 2.24. The van der Waals surface area contributed by atoms with Crippen molar-refractivity contribution in [2.45, 2.75) is 11.1 Å². The fraction of sp³-hybridized carbons (Fsp3) is 0.0909. The highest BCUT2D eigenvalue weighted by molar-refractivity contribution is 7.94. The lowest BCUT2D eigenvalue weighted by Crippen LogP contribution is -2.12. The zero-order valence-corrected chi connectivity index (χ0v) is 12.4. The fourth-order valence-electron chi connectivity index (χ4n) is 1.41. The normalized spacial score (nSPS) is 11.2. The quantitative estimate of drug-likeness (QED) is 0.842. The van der Waals surface area contributed by atoms with Crippen LogP contribution in [0, 0.1) is 6.92 Å². The van der Waals surface area contributed by atoms with Gasteiger partial charge in [-0.1, -0.05) is 12.2 Å². The summed E-state index contributed by atoms with van der Waals surface area (Å²) in [6.45, 7) is 1.83. The molecule has 0 aliphatic heterocycles. The molecular formula is C11H11N3O2S3. The number of thiocarbonyl (C=S) groups is 1. The number of thiophene rings is 1. The lowest BCUT2D eigenvalue weighted by molar-refractivity contribution is 0.603. The summed E-state index contributed by atoms with van der Waals surface area (Å²) in [7, 11) is -3.63. The second-order valence-corrected chi connectivity index (χ2v) is 7.27. The molecule has 0 bridgehead atoms. The molecule has 100 valence electrons. The van der Waals surface area contributed by atoms with E-state index in [4.69, 9.17) is 18.0 Å². The maximum Gasteiger partial charge on any atom is 0.271 e. The number of nitrogens with zero attached hydrogens (tertiary/aromatic N) is 1.